The van der Waals surface area contributed by atoms with Crippen molar-refractivity contribution in [2.24, 2.45) is 5.41 Å². The molecule has 2 heteroatoms. The van der Waals surface area contributed by atoms with E-state index >= 15 is 0 Å². The zero-order valence-corrected chi connectivity index (χ0v) is 11.1. The van der Waals surface area contributed by atoms with E-state index in [0.29, 0.717) is 5.41 Å². The molecule has 0 atom stereocenters. The molecule has 1 spiro atoms. The van der Waals surface area contributed by atoms with Crippen LogP contribution < -0.4 is 0 Å². The summed E-state index contributed by atoms with van der Waals surface area (Å²) in [6.07, 6.45) is 5.54. The minimum Gasteiger partial charge on any atom is -0.301 e. The molecule has 1 aliphatic heterocycles. The molecule has 1 aromatic rings. The second kappa shape index (κ2) is 3.85. The highest BCUT2D eigenvalue weighted by Gasteiger charge is 2.40. The summed E-state index contributed by atoms with van der Waals surface area (Å²) in [4.78, 5) is 4.32. The topological polar surface area (TPSA) is 3.24 Å². The average Bonchev–Trinajstić information content (AvgIpc) is 2.77. The number of rotatable bonds is 1. The lowest BCUT2D eigenvalue weighted by Gasteiger charge is -2.41. The summed E-state index contributed by atoms with van der Waals surface area (Å²) in [6, 6.07) is 3.08. The number of fused-ring (bicyclic) bond motifs is 1. The summed E-state index contributed by atoms with van der Waals surface area (Å²) >= 11 is 1.97. The van der Waals surface area contributed by atoms with Crippen molar-refractivity contribution < 1.29 is 0 Å². The van der Waals surface area contributed by atoms with Gasteiger partial charge in [-0.05, 0) is 75.0 Å². The summed E-state index contributed by atoms with van der Waals surface area (Å²) < 4.78 is 0. The van der Waals surface area contributed by atoms with Crippen molar-refractivity contribution in [1.82, 2.24) is 4.90 Å². The molecule has 0 aromatic carbocycles. The standard InChI is InChI=1S/C14H21NS/c1-11(2)15-6-4-14(5-7-15)9-12-3-8-16-13(12)10-14/h3,8,11H,4-7,9-10H2,1-2H3. The summed E-state index contributed by atoms with van der Waals surface area (Å²) in [5, 5.41) is 2.26. The van der Waals surface area contributed by atoms with Gasteiger partial charge in [-0.15, -0.1) is 11.3 Å². The Morgan fingerprint density at radius 3 is 2.62 bits per heavy atom. The summed E-state index contributed by atoms with van der Waals surface area (Å²) in [5.41, 5.74) is 2.30. The molecule has 1 aliphatic carbocycles. The SMILES string of the molecule is CC(C)N1CCC2(CC1)Cc1ccsc1C2. The van der Waals surface area contributed by atoms with Crippen molar-refractivity contribution in [3.63, 3.8) is 0 Å². The fourth-order valence-corrected chi connectivity index (χ4v) is 4.43. The molecule has 0 amide bonds. The van der Waals surface area contributed by atoms with Gasteiger partial charge in [-0.2, -0.15) is 0 Å². The van der Waals surface area contributed by atoms with Crippen LogP contribution in [0.2, 0.25) is 0 Å². The molecular weight excluding hydrogens is 214 g/mol. The van der Waals surface area contributed by atoms with Gasteiger partial charge in [-0.3, -0.25) is 0 Å². The molecule has 1 saturated heterocycles. The molecule has 16 heavy (non-hydrogen) atoms. The van der Waals surface area contributed by atoms with Gasteiger partial charge < -0.3 is 4.90 Å². The molecular formula is C14H21NS. The van der Waals surface area contributed by atoms with Crippen LogP contribution in [0.15, 0.2) is 11.4 Å². The first-order valence-corrected chi connectivity index (χ1v) is 7.36. The van der Waals surface area contributed by atoms with Crippen LogP contribution in [-0.4, -0.2) is 24.0 Å². The highest BCUT2D eigenvalue weighted by atomic mass is 32.1. The Balaban J connectivity index is 1.69. The van der Waals surface area contributed by atoms with Crippen LogP contribution in [0.1, 0.15) is 37.1 Å². The van der Waals surface area contributed by atoms with Gasteiger partial charge >= 0.3 is 0 Å². The average molecular weight is 235 g/mol. The van der Waals surface area contributed by atoms with Crippen LogP contribution in [0.4, 0.5) is 0 Å². The van der Waals surface area contributed by atoms with Gasteiger partial charge in [-0.1, -0.05) is 0 Å². The molecule has 0 unspecified atom stereocenters. The molecule has 1 nitrogen and oxygen atoms in total. The van der Waals surface area contributed by atoms with Crippen LogP contribution in [0.25, 0.3) is 0 Å². The largest absolute Gasteiger partial charge is 0.301 e. The third kappa shape index (κ3) is 1.72. The van der Waals surface area contributed by atoms with Crippen LogP contribution >= 0.6 is 11.3 Å². The number of nitrogens with zero attached hydrogens (tertiary/aromatic N) is 1. The maximum atomic E-state index is 2.64. The number of likely N-dealkylation sites (tertiary alicyclic amines) is 1. The van der Waals surface area contributed by atoms with E-state index in [2.05, 4.69) is 30.2 Å². The van der Waals surface area contributed by atoms with Gasteiger partial charge in [0.25, 0.3) is 0 Å². The second-order valence-electron chi connectivity index (χ2n) is 5.85. The molecule has 0 saturated carbocycles. The molecule has 2 heterocycles. The Bertz CT molecular complexity index is 349. The quantitative estimate of drug-likeness (QED) is 0.721. The Morgan fingerprint density at radius 1 is 1.25 bits per heavy atom. The van der Waals surface area contributed by atoms with Crippen molar-refractivity contribution in [3.8, 4) is 0 Å². The van der Waals surface area contributed by atoms with Crippen molar-refractivity contribution in [3.05, 3.63) is 21.9 Å². The van der Waals surface area contributed by atoms with E-state index in [0.717, 1.165) is 6.04 Å². The fraction of sp³-hybridized carbons (Fsp3) is 0.714. The first-order valence-electron chi connectivity index (χ1n) is 6.48. The second-order valence-corrected chi connectivity index (χ2v) is 6.85. The van der Waals surface area contributed by atoms with Crippen molar-refractivity contribution >= 4 is 11.3 Å². The Kier molecular flexibility index (Phi) is 2.60. The van der Waals surface area contributed by atoms with E-state index in [1.54, 1.807) is 10.4 Å². The van der Waals surface area contributed by atoms with Crippen molar-refractivity contribution in [2.75, 3.05) is 13.1 Å². The maximum absolute atomic E-state index is 2.64. The summed E-state index contributed by atoms with van der Waals surface area (Å²) in [7, 11) is 0. The molecule has 1 aromatic heterocycles. The van der Waals surface area contributed by atoms with Crippen LogP contribution in [0.5, 0.6) is 0 Å². The molecule has 3 rings (SSSR count). The van der Waals surface area contributed by atoms with Gasteiger partial charge in [0.2, 0.25) is 0 Å². The first-order chi connectivity index (χ1) is 7.69. The van der Waals surface area contributed by atoms with Crippen LogP contribution in [0, 0.1) is 5.41 Å². The predicted octanol–water partition coefficient (Wildman–Crippen LogP) is 3.34. The third-order valence-corrected chi connectivity index (χ3v) is 5.49. The lowest BCUT2D eigenvalue weighted by Crippen LogP contribution is -2.43. The number of piperidine rings is 1. The van der Waals surface area contributed by atoms with E-state index in [1.807, 2.05) is 11.3 Å². The molecule has 1 fully saturated rings. The van der Waals surface area contributed by atoms with Gasteiger partial charge in [0.05, 0.1) is 0 Å². The van der Waals surface area contributed by atoms with Gasteiger partial charge in [0.15, 0.2) is 0 Å². The van der Waals surface area contributed by atoms with E-state index < -0.39 is 0 Å². The van der Waals surface area contributed by atoms with Crippen molar-refractivity contribution in [1.29, 1.82) is 0 Å². The van der Waals surface area contributed by atoms with Crippen LogP contribution in [0.3, 0.4) is 0 Å². The van der Waals surface area contributed by atoms with E-state index in [9.17, 15) is 0 Å². The highest BCUT2D eigenvalue weighted by Crippen LogP contribution is 2.46. The fourth-order valence-electron chi connectivity index (χ4n) is 3.36. The molecule has 0 radical (unpaired) electrons. The van der Waals surface area contributed by atoms with Gasteiger partial charge in [-0.25, -0.2) is 0 Å². The minimum atomic E-state index is 0.647. The smallest absolute Gasteiger partial charge is 0.00830 e. The number of hydrogen-bond acceptors (Lipinski definition) is 2. The summed E-state index contributed by atoms with van der Waals surface area (Å²) in [5.74, 6) is 0. The minimum absolute atomic E-state index is 0.647. The highest BCUT2D eigenvalue weighted by molar-refractivity contribution is 7.10. The maximum Gasteiger partial charge on any atom is 0.00830 e. The zero-order valence-electron chi connectivity index (χ0n) is 10.3. The predicted molar refractivity (Wildman–Crippen MR) is 70.1 cm³/mol. The summed E-state index contributed by atoms with van der Waals surface area (Å²) in [6.45, 7) is 7.27. The van der Waals surface area contributed by atoms with Gasteiger partial charge in [0.1, 0.15) is 0 Å². The lowest BCUT2D eigenvalue weighted by molar-refractivity contribution is 0.0897. The van der Waals surface area contributed by atoms with E-state index in [4.69, 9.17) is 0 Å². The zero-order chi connectivity index (χ0) is 11.2. The Morgan fingerprint density at radius 2 is 2.00 bits per heavy atom. The monoisotopic (exact) mass is 235 g/mol. The molecule has 2 aliphatic rings. The van der Waals surface area contributed by atoms with E-state index in [1.165, 1.54) is 38.8 Å². The first kappa shape index (κ1) is 10.8. The Hall–Kier alpha value is -0.340. The van der Waals surface area contributed by atoms with Crippen LogP contribution in [-0.2, 0) is 12.8 Å². The number of hydrogen-bond donors (Lipinski definition) is 0. The van der Waals surface area contributed by atoms with E-state index in [-0.39, 0.29) is 0 Å². The normalized spacial score (nSPS) is 24.2. The molecule has 0 bridgehead atoms. The third-order valence-electron chi connectivity index (χ3n) is 4.53. The Labute approximate surface area is 102 Å². The number of thiophene rings is 1. The lowest BCUT2D eigenvalue weighted by atomic mass is 9.76. The van der Waals surface area contributed by atoms with Crippen molar-refractivity contribution in [2.45, 2.75) is 45.6 Å². The molecule has 0 N–H and O–H groups in total. The van der Waals surface area contributed by atoms with Gasteiger partial charge in [0, 0.05) is 10.9 Å². The molecule has 88 valence electrons.